The van der Waals surface area contributed by atoms with Crippen molar-refractivity contribution in [3.05, 3.63) is 69.8 Å². The second-order valence-electron chi connectivity index (χ2n) is 4.84. The van der Waals surface area contributed by atoms with E-state index in [1.54, 1.807) is 43.6 Å². The molecule has 0 saturated carbocycles. The van der Waals surface area contributed by atoms with Gasteiger partial charge in [0.15, 0.2) is 11.6 Å². The van der Waals surface area contributed by atoms with Crippen molar-refractivity contribution in [2.75, 3.05) is 0 Å². The summed E-state index contributed by atoms with van der Waals surface area (Å²) in [7, 11) is 0. The minimum absolute atomic E-state index is 0.102. The van der Waals surface area contributed by atoms with Gasteiger partial charge in [0.25, 0.3) is 0 Å². The second kappa shape index (κ2) is 5.22. The highest BCUT2D eigenvalue weighted by Gasteiger charge is 2.29. The molecule has 2 aromatic rings. The summed E-state index contributed by atoms with van der Waals surface area (Å²) in [5.41, 5.74) is 2.64. The molecule has 0 aliphatic heterocycles. The first-order valence-electron chi connectivity index (χ1n) is 6.42. The Morgan fingerprint density at radius 3 is 2.19 bits per heavy atom. The quantitative estimate of drug-likeness (QED) is 0.800. The lowest BCUT2D eigenvalue weighted by molar-refractivity contribution is 0.0973. The summed E-state index contributed by atoms with van der Waals surface area (Å²) in [5.74, 6) is -0.215. The van der Waals surface area contributed by atoms with Crippen LogP contribution in [-0.4, -0.2) is 21.5 Å². The molecule has 1 heterocycles. The molecule has 0 saturated heterocycles. The Labute approximate surface area is 126 Å². The van der Waals surface area contributed by atoms with E-state index in [-0.39, 0.29) is 16.9 Å². The number of aromatic nitrogens is 2. The van der Waals surface area contributed by atoms with Crippen molar-refractivity contribution in [2.24, 2.45) is 0 Å². The van der Waals surface area contributed by atoms with Crippen LogP contribution in [0, 0.1) is 0 Å². The van der Waals surface area contributed by atoms with Gasteiger partial charge in [-0.1, -0.05) is 24.3 Å². The van der Waals surface area contributed by atoms with Gasteiger partial charge < -0.3 is 0 Å². The minimum atomic E-state index is -0.113. The first kappa shape index (κ1) is 13.6. The van der Waals surface area contributed by atoms with Gasteiger partial charge in [-0.2, -0.15) is 0 Å². The number of ketones is 2. The lowest BCUT2D eigenvalue weighted by Crippen LogP contribution is -2.22. The van der Waals surface area contributed by atoms with E-state index < -0.39 is 0 Å². The molecule has 104 valence electrons. The SMILES string of the molecule is CC1=C(Cc2cnc(Cl)nc2)C(=O)c2ccccc2C1=O. The Morgan fingerprint density at radius 1 is 1.00 bits per heavy atom. The van der Waals surface area contributed by atoms with E-state index in [4.69, 9.17) is 11.6 Å². The molecule has 21 heavy (non-hydrogen) atoms. The molecule has 0 unspecified atom stereocenters. The van der Waals surface area contributed by atoms with E-state index in [0.29, 0.717) is 28.7 Å². The van der Waals surface area contributed by atoms with Crippen LogP contribution in [0.4, 0.5) is 0 Å². The van der Waals surface area contributed by atoms with Crippen LogP contribution in [0.15, 0.2) is 47.8 Å². The Morgan fingerprint density at radius 2 is 1.57 bits per heavy atom. The Bertz CT molecular complexity index is 779. The van der Waals surface area contributed by atoms with Crippen LogP contribution in [-0.2, 0) is 6.42 Å². The van der Waals surface area contributed by atoms with Crippen molar-refractivity contribution in [1.82, 2.24) is 9.97 Å². The van der Waals surface area contributed by atoms with Crippen LogP contribution < -0.4 is 0 Å². The molecule has 0 fully saturated rings. The van der Waals surface area contributed by atoms with Gasteiger partial charge in [0.05, 0.1) is 0 Å². The number of carbonyl (C=O) groups excluding carboxylic acids is 2. The topological polar surface area (TPSA) is 59.9 Å². The van der Waals surface area contributed by atoms with Crippen molar-refractivity contribution in [2.45, 2.75) is 13.3 Å². The summed E-state index contributed by atoms with van der Waals surface area (Å²) in [6, 6.07) is 6.88. The fourth-order valence-electron chi connectivity index (χ4n) is 2.40. The third-order valence-electron chi connectivity index (χ3n) is 3.54. The van der Waals surface area contributed by atoms with E-state index in [0.717, 1.165) is 5.56 Å². The molecular weight excluding hydrogens is 288 g/mol. The number of benzene rings is 1. The molecule has 1 aromatic carbocycles. The van der Waals surface area contributed by atoms with Crippen LogP contribution in [0.2, 0.25) is 5.28 Å². The smallest absolute Gasteiger partial charge is 0.222 e. The van der Waals surface area contributed by atoms with E-state index >= 15 is 0 Å². The minimum Gasteiger partial charge on any atom is -0.289 e. The predicted octanol–water partition coefficient (Wildman–Crippen LogP) is 3.07. The normalized spacial score (nSPS) is 14.4. The fourth-order valence-corrected chi connectivity index (χ4v) is 2.50. The molecule has 1 aliphatic rings. The van der Waals surface area contributed by atoms with Crippen molar-refractivity contribution in [3.63, 3.8) is 0 Å². The van der Waals surface area contributed by atoms with E-state index in [1.165, 1.54) is 0 Å². The molecule has 0 bridgehead atoms. The average molecular weight is 299 g/mol. The largest absolute Gasteiger partial charge is 0.289 e. The highest BCUT2D eigenvalue weighted by Crippen LogP contribution is 2.27. The zero-order valence-corrected chi connectivity index (χ0v) is 12.0. The summed E-state index contributed by atoms with van der Waals surface area (Å²) >= 11 is 5.65. The predicted molar refractivity (Wildman–Crippen MR) is 78.5 cm³/mol. The van der Waals surface area contributed by atoms with Crippen molar-refractivity contribution in [1.29, 1.82) is 0 Å². The Balaban J connectivity index is 2.02. The van der Waals surface area contributed by atoms with E-state index in [1.807, 2.05) is 0 Å². The van der Waals surface area contributed by atoms with Crippen LogP contribution in [0.3, 0.4) is 0 Å². The standard InChI is InChI=1S/C16H11ClN2O2/c1-9-13(6-10-7-18-16(17)19-8-10)15(21)12-5-3-2-4-11(12)14(9)20/h2-5,7-8H,6H2,1H3. The van der Waals surface area contributed by atoms with Crippen molar-refractivity contribution < 1.29 is 9.59 Å². The zero-order valence-electron chi connectivity index (χ0n) is 11.3. The van der Waals surface area contributed by atoms with Crippen LogP contribution in [0.5, 0.6) is 0 Å². The molecule has 0 atom stereocenters. The van der Waals surface area contributed by atoms with Gasteiger partial charge in [-0.25, -0.2) is 9.97 Å². The molecule has 0 amide bonds. The van der Waals surface area contributed by atoms with Crippen LogP contribution in [0.25, 0.3) is 0 Å². The van der Waals surface area contributed by atoms with E-state index in [2.05, 4.69) is 9.97 Å². The summed E-state index contributed by atoms with van der Waals surface area (Å²) in [6.07, 6.45) is 3.45. The lowest BCUT2D eigenvalue weighted by atomic mass is 9.82. The Hall–Kier alpha value is -2.33. The second-order valence-corrected chi connectivity index (χ2v) is 5.18. The molecule has 4 nitrogen and oxygen atoms in total. The van der Waals surface area contributed by atoms with Crippen molar-refractivity contribution in [3.8, 4) is 0 Å². The number of rotatable bonds is 2. The Kier molecular flexibility index (Phi) is 3.39. The zero-order chi connectivity index (χ0) is 15.0. The fraction of sp³-hybridized carbons (Fsp3) is 0.125. The molecule has 5 heteroatoms. The average Bonchev–Trinajstić information content (AvgIpc) is 2.51. The highest BCUT2D eigenvalue weighted by atomic mass is 35.5. The van der Waals surface area contributed by atoms with Gasteiger partial charge in [-0.3, -0.25) is 9.59 Å². The summed E-state index contributed by atoms with van der Waals surface area (Å²) in [6.45, 7) is 1.68. The molecule has 0 radical (unpaired) electrons. The number of hydrogen-bond acceptors (Lipinski definition) is 4. The van der Waals surface area contributed by atoms with E-state index in [9.17, 15) is 9.59 Å². The van der Waals surface area contributed by atoms with Gasteiger partial charge in [0.2, 0.25) is 5.28 Å². The number of hydrogen-bond donors (Lipinski definition) is 0. The van der Waals surface area contributed by atoms with Gasteiger partial charge in [0.1, 0.15) is 0 Å². The number of carbonyl (C=O) groups is 2. The molecular formula is C16H11ClN2O2. The maximum Gasteiger partial charge on any atom is 0.222 e. The summed E-state index contributed by atoms with van der Waals surface area (Å²) in [4.78, 5) is 32.7. The van der Waals surface area contributed by atoms with Crippen LogP contribution in [0.1, 0.15) is 33.2 Å². The summed E-state index contributed by atoms with van der Waals surface area (Å²) < 4.78 is 0. The number of fused-ring (bicyclic) bond motifs is 1. The number of halogens is 1. The maximum absolute atomic E-state index is 12.6. The molecule has 1 aliphatic carbocycles. The third kappa shape index (κ3) is 2.38. The first-order valence-corrected chi connectivity index (χ1v) is 6.80. The molecule has 1 aromatic heterocycles. The van der Waals surface area contributed by atoms with Crippen molar-refractivity contribution >= 4 is 23.2 Å². The molecule has 0 N–H and O–H groups in total. The molecule has 3 rings (SSSR count). The maximum atomic E-state index is 12.6. The van der Waals surface area contributed by atoms with Gasteiger partial charge >= 0.3 is 0 Å². The first-order chi connectivity index (χ1) is 10.1. The number of Topliss-reactive ketones (excluding diaryl/α,β-unsaturated/α-hetero) is 2. The van der Waals surface area contributed by atoms with Gasteiger partial charge in [-0.15, -0.1) is 0 Å². The molecule has 0 spiro atoms. The van der Waals surface area contributed by atoms with Gasteiger partial charge in [-0.05, 0) is 24.1 Å². The highest BCUT2D eigenvalue weighted by molar-refractivity contribution is 6.28. The third-order valence-corrected chi connectivity index (χ3v) is 3.73. The lowest BCUT2D eigenvalue weighted by Gasteiger charge is -2.18. The number of nitrogens with zero attached hydrogens (tertiary/aromatic N) is 2. The monoisotopic (exact) mass is 298 g/mol. The van der Waals surface area contributed by atoms with Gasteiger partial charge in [0, 0.05) is 41.1 Å². The van der Waals surface area contributed by atoms with Crippen LogP contribution >= 0.6 is 11.6 Å². The number of allylic oxidation sites excluding steroid dienone is 2. The summed E-state index contributed by atoms with van der Waals surface area (Å²) in [5, 5.41) is 0.154.